The molecule has 65 heavy (non-hydrogen) atoms. The molecule has 308 valence electrons. The normalized spacial score (nSPS) is 11.6. The molecule has 5 heteroatoms. The Balaban J connectivity index is 0.994. The molecule has 0 atom stereocenters. The van der Waals surface area contributed by atoms with Crippen LogP contribution in [0.2, 0.25) is 0 Å². The Morgan fingerprint density at radius 2 is 0.692 bits per heavy atom. The van der Waals surface area contributed by atoms with E-state index in [0.29, 0.717) is 23.0 Å². The Labute approximate surface area is 382 Å². The van der Waals surface area contributed by atoms with E-state index in [4.69, 9.17) is 9.47 Å². The van der Waals surface area contributed by atoms with Crippen LogP contribution in [0.1, 0.15) is 0 Å². The summed E-state index contributed by atoms with van der Waals surface area (Å²) in [4.78, 5) is 4.69. The van der Waals surface area contributed by atoms with E-state index in [1.54, 1.807) is 0 Å². The van der Waals surface area contributed by atoms with Crippen LogP contribution in [0, 0.1) is 0 Å². The van der Waals surface area contributed by atoms with Crippen molar-refractivity contribution in [2.75, 3.05) is 9.80 Å². The molecule has 1 aliphatic rings. The monoisotopic (exact) mass is 852 g/mol. The van der Waals surface area contributed by atoms with Gasteiger partial charge in [0, 0.05) is 54.7 Å². The van der Waals surface area contributed by atoms with Crippen molar-refractivity contribution >= 4 is 65.6 Å². The molecule has 0 N–H and O–H groups in total. The van der Waals surface area contributed by atoms with Gasteiger partial charge in [0.1, 0.15) is 0 Å². The fourth-order valence-corrected chi connectivity index (χ4v) is 10.0. The summed E-state index contributed by atoms with van der Waals surface area (Å²) >= 11 is 1.82. The third kappa shape index (κ3) is 7.34. The maximum atomic E-state index is 6.50. The second-order valence-corrected chi connectivity index (χ2v) is 17.2. The van der Waals surface area contributed by atoms with Crippen LogP contribution in [0.25, 0.3) is 53.6 Å². The predicted molar refractivity (Wildman–Crippen MR) is 272 cm³/mol. The molecule has 0 unspecified atom stereocenters. The lowest BCUT2D eigenvalue weighted by Crippen LogP contribution is -2.11. The maximum Gasteiger partial charge on any atom is 0.172 e. The molecule has 2 heterocycles. The van der Waals surface area contributed by atoms with Crippen LogP contribution >= 0.6 is 11.3 Å². The van der Waals surface area contributed by atoms with Crippen LogP contribution in [0.15, 0.2) is 243 Å². The molecule has 11 aromatic rings. The zero-order valence-corrected chi connectivity index (χ0v) is 36.0. The van der Waals surface area contributed by atoms with E-state index in [1.165, 1.54) is 31.3 Å². The molecule has 0 amide bonds. The molecule has 0 radical (unpaired) electrons. The molecule has 0 aliphatic carbocycles. The highest BCUT2D eigenvalue weighted by molar-refractivity contribution is 7.25. The molecular formula is C60H40N2O2S. The number of nitrogens with zero attached hydrogens (tertiary/aromatic N) is 2. The van der Waals surface area contributed by atoms with Crippen LogP contribution in [-0.4, -0.2) is 0 Å². The molecule has 1 aliphatic heterocycles. The summed E-state index contributed by atoms with van der Waals surface area (Å²) in [6.07, 6.45) is 0. The van der Waals surface area contributed by atoms with Gasteiger partial charge in [-0.2, -0.15) is 0 Å². The van der Waals surface area contributed by atoms with E-state index in [-0.39, 0.29) is 0 Å². The van der Waals surface area contributed by atoms with Gasteiger partial charge in [-0.05, 0) is 130 Å². The summed E-state index contributed by atoms with van der Waals surface area (Å²) < 4.78 is 15.3. The van der Waals surface area contributed by atoms with Crippen molar-refractivity contribution in [3.8, 4) is 56.4 Å². The van der Waals surface area contributed by atoms with Crippen LogP contribution in [-0.2, 0) is 0 Å². The van der Waals surface area contributed by atoms with Gasteiger partial charge < -0.3 is 19.3 Å². The van der Waals surface area contributed by atoms with Crippen molar-refractivity contribution in [2.45, 2.75) is 0 Å². The van der Waals surface area contributed by atoms with Gasteiger partial charge in [0.25, 0.3) is 0 Å². The quantitative estimate of drug-likeness (QED) is 0.144. The molecule has 4 nitrogen and oxygen atoms in total. The van der Waals surface area contributed by atoms with E-state index in [9.17, 15) is 0 Å². The summed E-state index contributed by atoms with van der Waals surface area (Å²) in [5, 5.41) is 2.43. The second-order valence-electron chi connectivity index (χ2n) is 16.2. The first-order valence-electron chi connectivity index (χ1n) is 21.8. The average Bonchev–Trinajstić information content (AvgIpc) is 3.74. The minimum Gasteiger partial charge on any atom is -0.450 e. The number of hydrogen-bond donors (Lipinski definition) is 0. The van der Waals surface area contributed by atoms with Gasteiger partial charge in [-0.15, -0.1) is 11.3 Å². The summed E-state index contributed by atoms with van der Waals surface area (Å²) in [6, 6.07) is 85.9. The highest BCUT2D eigenvalue weighted by Gasteiger charge is 2.23. The molecule has 0 bridgehead atoms. The minimum atomic E-state index is 0.668. The lowest BCUT2D eigenvalue weighted by Gasteiger charge is -2.28. The second kappa shape index (κ2) is 16.4. The van der Waals surface area contributed by atoms with Crippen LogP contribution in [0.4, 0.5) is 34.1 Å². The zero-order chi connectivity index (χ0) is 43.1. The van der Waals surface area contributed by atoms with Crippen molar-refractivity contribution in [1.29, 1.82) is 0 Å². The van der Waals surface area contributed by atoms with Crippen molar-refractivity contribution in [1.82, 2.24) is 0 Å². The number of rotatable bonds is 9. The number of fused-ring (bicyclic) bond motifs is 5. The van der Waals surface area contributed by atoms with E-state index in [2.05, 4.69) is 222 Å². The summed E-state index contributed by atoms with van der Waals surface area (Å²) in [5.41, 5.74) is 13.3. The minimum absolute atomic E-state index is 0.668. The Morgan fingerprint density at radius 3 is 1.34 bits per heavy atom. The van der Waals surface area contributed by atoms with Gasteiger partial charge in [0.15, 0.2) is 23.0 Å². The molecular weight excluding hydrogens is 813 g/mol. The van der Waals surface area contributed by atoms with Crippen LogP contribution < -0.4 is 19.3 Å². The van der Waals surface area contributed by atoms with Crippen LogP contribution in [0.3, 0.4) is 0 Å². The maximum absolute atomic E-state index is 6.50. The smallest absolute Gasteiger partial charge is 0.172 e. The van der Waals surface area contributed by atoms with E-state index >= 15 is 0 Å². The fourth-order valence-electron chi connectivity index (χ4n) is 8.93. The van der Waals surface area contributed by atoms with Crippen molar-refractivity contribution in [3.63, 3.8) is 0 Å². The summed E-state index contributed by atoms with van der Waals surface area (Å²) in [7, 11) is 0. The van der Waals surface area contributed by atoms with E-state index < -0.39 is 0 Å². The zero-order valence-electron chi connectivity index (χ0n) is 35.2. The van der Waals surface area contributed by atoms with Gasteiger partial charge in [-0.1, -0.05) is 140 Å². The fraction of sp³-hybridized carbons (Fsp3) is 0. The molecule has 1 aromatic heterocycles. The van der Waals surface area contributed by atoms with E-state index in [1.807, 2.05) is 41.7 Å². The average molecular weight is 853 g/mol. The SMILES string of the molecule is c1ccc(-c2ccc(N(c3ccccc3)c3ccc4sc5cc(N(c6cc(-c7ccccc7)cc(-c7ccccc7)c6)c6ccc7c(c6)Oc6ccccc6O7)ccc5c4c3)cc2)cc1. The Morgan fingerprint density at radius 1 is 0.246 bits per heavy atom. The first-order chi connectivity index (χ1) is 32.2. The van der Waals surface area contributed by atoms with Gasteiger partial charge in [-0.25, -0.2) is 0 Å². The standard InChI is InChI=1S/C60H40N2O2S/c1-5-15-41(16-6-1)44-25-27-48(28-26-44)61(47-21-11-4-12-22-47)49-31-34-59-54(38-49)53-32-29-51(40-60(53)65-59)62(50-30-33-57-58(39-50)64-56-24-14-13-23-55(56)63-57)52-36-45(42-17-7-2-8-18-42)35-46(37-52)43-19-9-3-10-20-43/h1-40H. The highest BCUT2D eigenvalue weighted by atomic mass is 32.1. The first kappa shape index (κ1) is 38.3. The Kier molecular flexibility index (Phi) is 9.66. The van der Waals surface area contributed by atoms with Gasteiger partial charge in [-0.3, -0.25) is 0 Å². The number of ether oxygens (including phenoxy) is 2. The van der Waals surface area contributed by atoms with Crippen molar-refractivity contribution in [2.24, 2.45) is 0 Å². The first-order valence-corrected chi connectivity index (χ1v) is 22.6. The largest absolute Gasteiger partial charge is 0.450 e. The molecule has 12 rings (SSSR count). The number of para-hydroxylation sites is 3. The van der Waals surface area contributed by atoms with Gasteiger partial charge in [0.05, 0.1) is 5.69 Å². The lowest BCUT2D eigenvalue weighted by molar-refractivity contribution is 0.360. The number of thiophene rings is 1. The lowest BCUT2D eigenvalue weighted by atomic mass is 9.97. The third-order valence-electron chi connectivity index (χ3n) is 12.1. The molecule has 0 saturated heterocycles. The van der Waals surface area contributed by atoms with Crippen molar-refractivity contribution < 1.29 is 9.47 Å². The third-order valence-corrected chi connectivity index (χ3v) is 13.2. The molecule has 0 spiro atoms. The van der Waals surface area contributed by atoms with E-state index in [0.717, 1.165) is 56.4 Å². The number of benzene rings is 10. The van der Waals surface area contributed by atoms with Crippen molar-refractivity contribution in [3.05, 3.63) is 243 Å². The van der Waals surface area contributed by atoms with Gasteiger partial charge in [0.2, 0.25) is 0 Å². The van der Waals surface area contributed by atoms with Gasteiger partial charge >= 0.3 is 0 Å². The Bertz CT molecular complexity index is 3420. The predicted octanol–water partition coefficient (Wildman–Crippen LogP) is 17.9. The summed E-state index contributed by atoms with van der Waals surface area (Å²) in [5.74, 6) is 2.76. The summed E-state index contributed by atoms with van der Waals surface area (Å²) in [6.45, 7) is 0. The number of hydrogen-bond acceptors (Lipinski definition) is 5. The molecule has 10 aromatic carbocycles. The number of anilines is 6. The Hall–Kier alpha value is -8.38. The topological polar surface area (TPSA) is 24.9 Å². The molecule has 0 fully saturated rings. The highest BCUT2D eigenvalue weighted by Crippen LogP contribution is 2.50. The van der Waals surface area contributed by atoms with Crippen LogP contribution in [0.5, 0.6) is 23.0 Å². The molecule has 0 saturated carbocycles.